The maximum absolute atomic E-state index is 15.3. The zero-order valence-electron chi connectivity index (χ0n) is 46.0. The minimum atomic E-state index is -1.00. The number of hydrogen-bond donors (Lipinski definition) is 5. The van der Waals surface area contributed by atoms with E-state index in [2.05, 4.69) is 21.3 Å². The Balaban J connectivity index is 1.04. The van der Waals surface area contributed by atoms with Crippen LogP contribution in [0.25, 0.3) is 11.1 Å². The van der Waals surface area contributed by atoms with Crippen LogP contribution in [-0.2, 0) is 54.3 Å². The summed E-state index contributed by atoms with van der Waals surface area (Å²) >= 11 is 0. The van der Waals surface area contributed by atoms with Crippen molar-refractivity contribution in [2.24, 2.45) is 17.1 Å². The Morgan fingerprint density at radius 1 is 0.722 bits per heavy atom. The summed E-state index contributed by atoms with van der Waals surface area (Å²) in [5.74, 6) is -4.41. The second-order valence-corrected chi connectivity index (χ2v) is 20.3. The van der Waals surface area contributed by atoms with E-state index in [1.807, 2.05) is 61.7 Å². The Labute approximate surface area is 460 Å². The van der Waals surface area contributed by atoms with Gasteiger partial charge in [0.15, 0.2) is 0 Å². The zero-order chi connectivity index (χ0) is 57.5. The Kier molecular flexibility index (Phi) is 24.9. The van der Waals surface area contributed by atoms with E-state index in [9.17, 15) is 38.0 Å². The number of nitrogens with one attached hydrogen (secondary N) is 4. The molecule has 428 valence electrons. The van der Waals surface area contributed by atoms with E-state index in [1.54, 1.807) is 49.2 Å². The van der Waals surface area contributed by atoms with Crippen LogP contribution in [0.4, 0.5) is 14.5 Å². The van der Waals surface area contributed by atoms with Gasteiger partial charge in [0.25, 0.3) is 17.7 Å². The first-order chi connectivity index (χ1) is 37.8. The molecule has 4 aromatic rings. The molecular formula is C58H76F2N8O11. The summed E-state index contributed by atoms with van der Waals surface area (Å²) in [5.41, 5.74) is 8.42. The van der Waals surface area contributed by atoms with Crippen LogP contribution in [0.3, 0.4) is 0 Å². The number of ether oxygens (including phenoxy) is 4. The lowest BCUT2D eigenvalue weighted by molar-refractivity contribution is -0.137. The summed E-state index contributed by atoms with van der Waals surface area (Å²) < 4.78 is 53.7. The van der Waals surface area contributed by atoms with Gasteiger partial charge in [0.1, 0.15) is 23.7 Å². The molecule has 0 unspecified atom stereocenters. The number of aromatic nitrogens is 1. The van der Waals surface area contributed by atoms with E-state index in [1.165, 1.54) is 19.1 Å². The summed E-state index contributed by atoms with van der Waals surface area (Å²) in [6.07, 6.45) is 4.61. The largest absolute Gasteiger partial charge is 0.379 e. The van der Waals surface area contributed by atoms with Crippen LogP contribution in [-0.4, -0.2) is 147 Å². The molecule has 1 aromatic heterocycles. The number of imide groups is 1. The van der Waals surface area contributed by atoms with Gasteiger partial charge in [-0.1, -0.05) is 65.0 Å². The first-order valence-electron chi connectivity index (χ1n) is 26.6. The molecule has 2 heterocycles. The van der Waals surface area contributed by atoms with Crippen LogP contribution in [0.2, 0.25) is 0 Å². The molecule has 0 radical (unpaired) electrons. The molecule has 0 saturated carbocycles. The highest BCUT2D eigenvalue weighted by atomic mass is 19.1. The quantitative estimate of drug-likeness (QED) is 0.0292. The number of hydrogen-bond acceptors (Lipinski definition) is 12. The van der Waals surface area contributed by atoms with Crippen LogP contribution in [0, 0.1) is 23.0 Å². The van der Waals surface area contributed by atoms with E-state index >= 15 is 4.39 Å². The fraction of sp³-hybridized carbons (Fsp3) is 0.466. The second kappa shape index (κ2) is 31.4. The Hall–Kier alpha value is -7.17. The number of carbonyl (C=O) groups is 7. The maximum Gasteiger partial charge on any atom is 0.254 e. The number of nitrogens with two attached hydrogens (primary N) is 1. The molecule has 0 aliphatic carbocycles. The van der Waals surface area contributed by atoms with Crippen LogP contribution in [0.1, 0.15) is 88.5 Å². The van der Waals surface area contributed by atoms with Gasteiger partial charge in [-0.05, 0) is 85.3 Å². The maximum atomic E-state index is 15.3. The monoisotopic (exact) mass is 1100 g/mol. The lowest BCUT2D eigenvalue weighted by atomic mass is 9.82. The molecule has 0 saturated heterocycles. The summed E-state index contributed by atoms with van der Waals surface area (Å²) in [6, 6.07) is 18.8. The summed E-state index contributed by atoms with van der Waals surface area (Å²) in [4.78, 5) is 92.1. The number of rotatable bonds is 33. The van der Waals surface area contributed by atoms with E-state index in [0.29, 0.717) is 69.3 Å². The van der Waals surface area contributed by atoms with E-state index in [4.69, 9.17) is 24.7 Å². The normalized spacial score (nSPS) is 13.6. The van der Waals surface area contributed by atoms with Gasteiger partial charge in [-0.3, -0.25) is 38.5 Å². The first-order valence-corrected chi connectivity index (χ1v) is 26.6. The minimum absolute atomic E-state index is 0.00577. The van der Waals surface area contributed by atoms with Gasteiger partial charge < -0.3 is 55.4 Å². The number of anilines is 1. The lowest BCUT2D eigenvalue weighted by Gasteiger charge is -2.41. The fourth-order valence-corrected chi connectivity index (χ4v) is 8.63. The van der Waals surface area contributed by atoms with Crippen molar-refractivity contribution in [2.75, 3.05) is 84.4 Å². The molecule has 21 heteroatoms. The fourth-order valence-electron chi connectivity index (χ4n) is 8.63. The molecule has 79 heavy (non-hydrogen) atoms. The first kappa shape index (κ1) is 62.7. The van der Waals surface area contributed by atoms with Crippen LogP contribution >= 0.6 is 0 Å². The van der Waals surface area contributed by atoms with Gasteiger partial charge in [-0.25, -0.2) is 8.78 Å². The predicted octanol–water partition coefficient (Wildman–Crippen LogP) is 5.53. The third kappa shape index (κ3) is 19.9. The molecule has 1 aliphatic rings. The number of amides is 7. The van der Waals surface area contributed by atoms with E-state index in [0.717, 1.165) is 34.4 Å². The summed E-state index contributed by atoms with van der Waals surface area (Å²) in [7, 11) is 0. The molecule has 6 N–H and O–H groups in total. The summed E-state index contributed by atoms with van der Waals surface area (Å²) in [5, 5.41) is 10.9. The zero-order valence-corrected chi connectivity index (χ0v) is 46.0. The molecule has 3 atom stereocenters. The average Bonchev–Trinajstić information content (AvgIpc) is 4.06. The molecule has 3 aromatic carbocycles. The van der Waals surface area contributed by atoms with Crippen molar-refractivity contribution in [1.29, 1.82) is 0 Å². The van der Waals surface area contributed by atoms with Crippen molar-refractivity contribution in [3.8, 4) is 11.1 Å². The van der Waals surface area contributed by atoms with Gasteiger partial charge in [0.05, 0.1) is 58.9 Å². The van der Waals surface area contributed by atoms with Crippen molar-refractivity contribution in [3.63, 3.8) is 0 Å². The lowest BCUT2D eigenvalue weighted by Crippen LogP contribution is -2.53. The molecule has 7 amide bonds. The molecule has 0 fully saturated rings. The molecule has 19 nitrogen and oxygen atoms in total. The number of halogens is 2. The van der Waals surface area contributed by atoms with Crippen molar-refractivity contribution in [2.45, 2.75) is 85.5 Å². The van der Waals surface area contributed by atoms with E-state index < -0.39 is 64.7 Å². The van der Waals surface area contributed by atoms with Crippen molar-refractivity contribution in [3.05, 3.63) is 126 Å². The topological polar surface area (TPSA) is 242 Å². The number of carbonyl (C=O) groups excluding carboxylic acids is 7. The van der Waals surface area contributed by atoms with Crippen LogP contribution < -0.4 is 27.0 Å². The Morgan fingerprint density at radius 2 is 1.34 bits per heavy atom. The highest BCUT2D eigenvalue weighted by molar-refractivity contribution is 6.13. The molecule has 1 aliphatic heterocycles. The SMILES string of the molecule is CC(C)[C@H](NC(=O)CCOCCOCCOCCOCCNC(=O)CCN1C(=O)C=CC1=O)C(=O)N[C@@H](C)C(=O)Nc1ccc(C(=O)N(CCCN)[C@@H](c2cc(-c3cc(F)ccc3F)cn2Cc2ccccc2)C(C)(C)C)cc1. The predicted molar refractivity (Wildman–Crippen MR) is 293 cm³/mol. The van der Waals surface area contributed by atoms with Gasteiger partial charge in [0, 0.05) is 85.4 Å². The second-order valence-electron chi connectivity index (χ2n) is 20.3. The number of benzene rings is 3. The Bertz CT molecular complexity index is 2680. The van der Waals surface area contributed by atoms with Gasteiger partial charge in [-0.2, -0.15) is 0 Å². The average molecular weight is 1100 g/mol. The molecular weight excluding hydrogens is 1020 g/mol. The number of nitrogens with zero attached hydrogens (tertiary/aromatic N) is 3. The standard InChI is InChI=1S/C58H76F2N8O11/c1-39(2)53(65-50(70)22-27-76-29-31-78-33-34-79-32-30-77-28-24-62-49(69)21-26-67-51(71)19-20-52(67)72)56(74)63-40(3)55(73)64-45-16-13-42(14-17-45)57(75)68(25-10-23-61)54(58(4,5)6)48-35-43(46-36-44(59)15-18-47(46)60)38-66(48)37-41-11-8-7-9-12-41/h7-9,11-20,35-36,38-40,53-54H,10,21-34,37,61H2,1-6H3,(H,62,69)(H,63,74)(H,64,73)(H,65,70)/t40-,53-,54-/m0/s1. The van der Waals surface area contributed by atoms with Crippen molar-refractivity contribution < 1.29 is 61.3 Å². The smallest absolute Gasteiger partial charge is 0.254 e. The van der Waals surface area contributed by atoms with Crippen LogP contribution in [0.5, 0.6) is 0 Å². The molecule has 0 spiro atoms. The minimum Gasteiger partial charge on any atom is -0.379 e. The van der Waals surface area contributed by atoms with E-state index in [-0.39, 0.29) is 75.7 Å². The Morgan fingerprint density at radius 3 is 1.95 bits per heavy atom. The van der Waals surface area contributed by atoms with Gasteiger partial charge in [-0.15, -0.1) is 0 Å². The van der Waals surface area contributed by atoms with Gasteiger partial charge in [0.2, 0.25) is 23.6 Å². The molecule has 5 rings (SSSR count). The highest BCUT2D eigenvalue weighted by Gasteiger charge is 2.38. The molecule has 0 bridgehead atoms. The highest BCUT2D eigenvalue weighted by Crippen LogP contribution is 2.42. The van der Waals surface area contributed by atoms with Gasteiger partial charge >= 0.3 is 0 Å². The third-order valence-corrected chi connectivity index (χ3v) is 12.7. The third-order valence-electron chi connectivity index (χ3n) is 12.7. The van der Waals surface area contributed by atoms with Crippen molar-refractivity contribution in [1.82, 2.24) is 30.3 Å². The summed E-state index contributed by atoms with van der Waals surface area (Å²) in [6.45, 7) is 14.5. The van der Waals surface area contributed by atoms with Crippen molar-refractivity contribution >= 4 is 47.0 Å². The van der Waals surface area contributed by atoms with Crippen LogP contribution in [0.15, 0.2) is 97.2 Å².